The molecule has 0 aromatic rings. The van der Waals surface area contributed by atoms with E-state index in [9.17, 15) is 0 Å². The third-order valence-corrected chi connectivity index (χ3v) is 3.10. The molecule has 1 fully saturated rings. The Morgan fingerprint density at radius 1 is 1.50 bits per heavy atom. The molecular weight excluding hydrogens is 150 g/mol. The molecule has 3 aliphatic rings. The Bertz CT molecular complexity index is 269. The number of rotatable bonds is 0. The molecule has 0 amide bonds. The molecule has 3 atom stereocenters. The molecule has 1 saturated heterocycles. The predicted molar refractivity (Wildman–Crippen MR) is 46.9 cm³/mol. The third-order valence-electron chi connectivity index (χ3n) is 3.10. The van der Waals surface area contributed by atoms with Crippen molar-refractivity contribution >= 4 is 0 Å². The molecule has 0 radical (unpaired) electrons. The van der Waals surface area contributed by atoms with Crippen LogP contribution in [0.2, 0.25) is 0 Å². The minimum absolute atomic E-state index is 0.308. The van der Waals surface area contributed by atoms with Crippen LogP contribution < -0.4 is 0 Å². The highest BCUT2D eigenvalue weighted by molar-refractivity contribution is 5.36. The molecule has 0 N–H and O–H groups in total. The Hall–Kier alpha value is -0.600. The van der Waals surface area contributed by atoms with Gasteiger partial charge in [0, 0.05) is 6.54 Å². The van der Waals surface area contributed by atoms with Gasteiger partial charge in [0.05, 0.1) is 18.2 Å². The maximum absolute atomic E-state index is 5.77. The van der Waals surface area contributed by atoms with Gasteiger partial charge in [0.25, 0.3) is 0 Å². The van der Waals surface area contributed by atoms with Gasteiger partial charge < -0.3 is 4.74 Å². The molecule has 3 aliphatic heterocycles. The number of nitrogens with zero attached hydrogens (tertiary/aromatic N) is 1. The van der Waals surface area contributed by atoms with Crippen LogP contribution in [-0.4, -0.2) is 36.7 Å². The van der Waals surface area contributed by atoms with Crippen LogP contribution in [0.25, 0.3) is 0 Å². The van der Waals surface area contributed by atoms with Gasteiger partial charge in [-0.25, -0.2) is 0 Å². The molecule has 64 valence electrons. The van der Waals surface area contributed by atoms with Crippen molar-refractivity contribution in [2.45, 2.75) is 24.7 Å². The van der Waals surface area contributed by atoms with Crippen molar-refractivity contribution in [3.63, 3.8) is 0 Å². The van der Waals surface area contributed by atoms with Gasteiger partial charge in [0.15, 0.2) is 0 Å². The summed E-state index contributed by atoms with van der Waals surface area (Å²) in [5, 5.41) is 0. The highest BCUT2D eigenvalue weighted by atomic mass is 16.5. The van der Waals surface area contributed by atoms with E-state index in [0.717, 1.165) is 0 Å². The maximum Gasteiger partial charge on any atom is 0.0993 e. The van der Waals surface area contributed by atoms with E-state index in [1.165, 1.54) is 18.5 Å². The average Bonchev–Trinajstić information content (AvgIpc) is 2.64. The molecule has 3 heterocycles. The second-order valence-electron chi connectivity index (χ2n) is 3.82. The van der Waals surface area contributed by atoms with Crippen LogP contribution in [-0.2, 0) is 4.74 Å². The Morgan fingerprint density at radius 3 is 3.25 bits per heavy atom. The highest BCUT2D eigenvalue weighted by Gasteiger charge is 2.44. The lowest BCUT2D eigenvalue weighted by Crippen LogP contribution is -2.42. The first kappa shape index (κ1) is 6.87. The second kappa shape index (κ2) is 2.21. The summed E-state index contributed by atoms with van der Waals surface area (Å²) in [6, 6.07) is 0.550. The molecule has 2 nitrogen and oxygen atoms in total. The van der Waals surface area contributed by atoms with Gasteiger partial charge in [-0.2, -0.15) is 0 Å². The average molecular weight is 163 g/mol. The molecule has 0 unspecified atom stereocenters. The number of fused-ring (bicyclic) bond motifs is 5. The second-order valence-corrected chi connectivity index (χ2v) is 3.82. The molecule has 2 heteroatoms. The summed E-state index contributed by atoms with van der Waals surface area (Å²) in [4.78, 5) is 2.41. The number of likely N-dealkylation sites (N-methyl/N-ethyl adjacent to an activating group) is 1. The van der Waals surface area contributed by atoms with Crippen molar-refractivity contribution in [1.82, 2.24) is 4.90 Å². The first-order valence-corrected chi connectivity index (χ1v) is 4.60. The van der Waals surface area contributed by atoms with Crippen molar-refractivity contribution in [1.29, 1.82) is 0 Å². The summed E-state index contributed by atoms with van der Waals surface area (Å²) in [5.74, 6) is 0. The van der Waals surface area contributed by atoms with Crippen molar-refractivity contribution in [2.75, 3.05) is 13.6 Å². The fourth-order valence-electron chi connectivity index (χ4n) is 2.51. The number of hydrogen-bond donors (Lipinski definition) is 0. The van der Waals surface area contributed by atoms with E-state index in [4.69, 9.17) is 4.74 Å². The van der Waals surface area contributed by atoms with Gasteiger partial charge >= 0.3 is 0 Å². The van der Waals surface area contributed by atoms with E-state index in [-0.39, 0.29) is 0 Å². The van der Waals surface area contributed by atoms with Crippen molar-refractivity contribution in [3.8, 4) is 0 Å². The van der Waals surface area contributed by atoms with Crippen LogP contribution in [0, 0.1) is 0 Å². The summed E-state index contributed by atoms with van der Waals surface area (Å²) in [6.07, 6.45) is 8.58. The largest absolute Gasteiger partial charge is 0.360 e. The van der Waals surface area contributed by atoms with Crippen molar-refractivity contribution < 1.29 is 4.74 Å². The standard InChI is InChI=1S/C10H13NO/c1-11-6-2-3-7-8-4-5-9(12-8)10(7)11/h3-5,8-10H,2,6H2,1H3/t8-,9+,10+/m0/s1. The van der Waals surface area contributed by atoms with Gasteiger partial charge in [-0.3, -0.25) is 4.90 Å². The molecule has 0 aliphatic carbocycles. The van der Waals surface area contributed by atoms with E-state index < -0.39 is 0 Å². The summed E-state index contributed by atoms with van der Waals surface area (Å²) in [7, 11) is 2.19. The molecule has 2 bridgehead atoms. The Balaban J connectivity index is 2.03. The van der Waals surface area contributed by atoms with E-state index in [1.807, 2.05) is 0 Å². The van der Waals surface area contributed by atoms with Crippen molar-refractivity contribution in [3.05, 3.63) is 23.8 Å². The highest BCUT2D eigenvalue weighted by Crippen LogP contribution is 2.38. The summed E-state index contributed by atoms with van der Waals surface area (Å²) >= 11 is 0. The van der Waals surface area contributed by atoms with Crippen LogP contribution in [0.5, 0.6) is 0 Å². The van der Waals surface area contributed by atoms with Gasteiger partial charge in [0.2, 0.25) is 0 Å². The van der Waals surface area contributed by atoms with E-state index in [0.29, 0.717) is 18.2 Å². The van der Waals surface area contributed by atoms with E-state index in [1.54, 1.807) is 0 Å². The van der Waals surface area contributed by atoms with Crippen LogP contribution >= 0.6 is 0 Å². The normalized spacial score (nSPS) is 44.8. The topological polar surface area (TPSA) is 12.5 Å². The minimum atomic E-state index is 0.308. The van der Waals surface area contributed by atoms with Crippen LogP contribution in [0.15, 0.2) is 23.8 Å². The maximum atomic E-state index is 5.77. The zero-order valence-corrected chi connectivity index (χ0v) is 7.23. The van der Waals surface area contributed by atoms with E-state index >= 15 is 0 Å². The lowest BCUT2D eigenvalue weighted by Gasteiger charge is -2.32. The van der Waals surface area contributed by atoms with Crippen molar-refractivity contribution in [2.24, 2.45) is 0 Å². The van der Waals surface area contributed by atoms with Gasteiger partial charge in [-0.1, -0.05) is 18.2 Å². The van der Waals surface area contributed by atoms with Crippen LogP contribution in [0.1, 0.15) is 6.42 Å². The van der Waals surface area contributed by atoms with Gasteiger partial charge in [0.1, 0.15) is 0 Å². The fourth-order valence-corrected chi connectivity index (χ4v) is 2.51. The third kappa shape index (κ3) is 0.718. The molecule has 0 aromatic heterocycles. The predicted octanol–water partition coefficient (Wildman–Crippen LogP) is 0.954. The first-order valence-electron chi connectivity index (χ1n) is 4.60. The molecule has 0 aromatic carbocycles. The Labute approximate surface area is 72.5 Å². The Morgan fingerprint density at radius 2 is 2.42 bits per heavy atom. The van der Waals surface area contributed by atoms with Crippen LogP contribution in [0.4, 0.5) is 0 Å². The summed E-state index contributed by atoms with van der Waals surface area (Å²) < 4.78 is 5.77. The molecular formula is C10H13NO. The monoisotopic (exact) mass is 163 g/mol. The van der Waals surface area contributed by atoms with Gasteiger partial charge in [-0.15, -0.1) is 0 Å². The lowest BCUT2D eigenvalue weighted by molar-refractivity contribution is 0.0941. The molecule has 3 rings (SSSR count). The molecule has 0 spiro atoms. The first-order chi connectivity index (χ1) is 5.86. The summed E-state index contributed by atoms with van der Waals surface area (Å²) in [6.45, 7) is 1.18. The molecule has 0 saturated carbocycles. The number of hydrogen-bond acceptors (Lipinski definition) is 2. The van der Waals surface area contributed by atoms with Gasteiger partial charge in [-0.05, 0) is 19.0 Å². The zero-order valence-electron chi connectivity index (χ0n) is 7.23. The fraction of sp³-hybridized carbons (Fsp3) is 0.600. The quantitative estimate of drug-likeness (QED) is 0.493. The van der Waals surface area contributed by atoms with E-state index in [2.05, 4.69) is 30.2 Å². The SMILES string of the molecule is CN1CCC=C2[C@@H]3C=C[C@@H](O3)[C@@H]21. The number of ether oxygens (including phenoxy) is 1. The Kier molecular flexibility index (Phi) is 1.26. The minimum Gasteiger partial charge on any atom is -0.360 e. The molecule has 12 heavy (non-hydrogen) atoms. The van der Waals surface area contributed by atoms with Crippen LogP contribution in [0.3, 0.4) is 0 Å². The summed E-state index contributed by atoms with van der Waals surface area (Å²) in [5.41, 5.74) is 1.50. The lowest BCUT2D eigenvalue weighted by atomic mass is 9.91. The zero-order chi connectivity index (χ0) is 8.13. The smallest absolute Gasteiger partial charge is 0.0993 e.